The van der Waals surface area contributed by atoms with Crippen LogP contribution in [0.1, 0.15) is 12.5 Å². The van der Waals surface area contributed by atoms with E-state index in [-0.39, 0.29) is 12.2 Å². The van der Waals surface area contributed by atoms with Gasteiger partial charge in [0.2, 0.25) is 0 Å². The largest absolute Gasteiger partial charge is 0.396 e. The maximum Gasteiger partial charge on any atom is 0.332 e. The molecule has 0 fully saturated rings. The second-order valence-electron chi connectivity index (χ2n) is 4.44. The number of aryl methyl sites for hydroxylation is 2. The highest BCUT2D eigenvalue weighted by molar-refractivity contribution is 7.99. The molecule has 0 atom stereocenters. The summed E-state index contributed by atoms with van der Waals surface area (Å²) in [5, 5.41) is 9.46. The minimum atomic E-state index is -0.391. The van der Waals surface area contributed by atoms with Crippen molar-refractivity contribution in [2.75, 3.05) is 12.4 Å². The Morgan fingerprint density at radius 1 is 1.30 bits per heavy atom. The molecule has 0 aromatic carbocycles. The molecule has 1 N–H and O–H groups in total. The molecule has 0 radical (unpaired) electrons. The third kappa shape index (κ3) is 2.27. The molecule has 0 amide bonds. The Bertz CT molecular complexity index is 764. The van der Waals surface area contributed by atoms with Crippen LogP contribution in [-0.2, 0) is 20.5 Å². The van der Waals surface area contributed by atoms with Crippen molar-refractivity contribution in [3.63, 3.8) is 0 Å². The van der Waals surface area contributed by atoms with Gasteiger partial charge in [0.15, 0.2) is 0 Å². The standard InChI is InChI=1S/C13H17N3O3S/c1-4-8-7-14-11-9(10(8)20-6-5-17)12(18)16(3)13(19)15(11)2/h7,17H,4-6H2,1-3H3. The van der Waals surface area contributed by atoms with Crippen LogP contribution < -0.4 is 11.2 Å². The molecule has 2 aromatic heterocycles. The zero-order valence-electron chi connectivity index (χ0n) is 11.7. The van der Waals surface area contributed by atoms with Gasteiger partial charge in [-0.05, 0) is 12.0 Å². The van der Waals surface area contributed by atoms with Crippen LogP contribution in [0.2, 0.25) is 0 Å². The van der Waals surface area contributed by atoms with Gasteiger partial charge in [-0.2, -0.15) is 0 Å². The van der Waals surface area contributed by atoms with E-state index in [1.165, 1.54) is 23.4 Å². The lowest BCUT2D eigenvalue weighted by atomic mass is 10.2. The van der Waals surface area contributed by atoms with E-state index in [0.717, 1.165) is 21.4 Å². The van der Waals surface area contributed by atoms with Crippen LogP contribution in [0.3, 0.4) is 0 Å². The molecule has 7 heteroatoms. The fraction of sp³-hybridized carbons (Fsp3) is 0.462. The van der Waals surface area contributed by atoms with E-state index in [9.17, 15) is 9.59 Å². The average Bonchev–Trinajstić information content (AvgIpc) is 2.47. The monoisotopic (exact) mass is 295 g/mol. The molecule has 6 nitrogen and oxygen atoms in total. The molecule has 108 valence electrons. The lowest BCUT2D eigenvalue weighted by Gasteiger charge is -2.13. The predicted molar refractivity (Wildman–Crippen MR) is 79.4 cm³/mol. The lowest BCUT2D eigenvalue weighted by Crippen LogP contribution is -2.37. The summed E-state index contributed by atoms with van der Waals surface area (Å²) >= 11 is 1.42. The number of hydrogen-bond donors (Lipinski definition) is 1. The first-order valence-corrected chi connectivity index (χ1v) is 7.32. The first-order chi connectivity index (χ1) is 9.52. The minimum absolute atomic E-state index is 0.0315. The van der Waals surface area contributed by atoms with Crippen LogP contribution >= 0.6 is 11.8 Å². The van der Waals surface area contributed by atoms with Crippen molar-refractivity contribution in [2.24, 2.45) is 14.1 Å². The molecule has 2 rings (SSSR count). The van der Waals surface area contributed by atoms with Crippen LogP contribution in [0.25, 0.3) is 11.0 Å². The van der Waals surface area contributed by atoms with Gasteiger partial charge in [0, 0.05) is 30.9 Å². The molecule has 0 aliphatic heterocycles. The summed E-state index contributed by atoms with van der Waals surface area (Å²) in [5.41, 5.74) is 0.603. The highest BCUT2D eigenvalue weighted by Crippen LogP contribution is 2.27. The summed E-state index contributed by atoms with van der Waals surface area (Å²) in [6.45, 7) is 2.02. The number of fused-ring (bicyclic) bond motifs is 1. The molecule has 0 spiro atoms. The third-order valence-electron chi connectivity index (χ3n) is 3.21. The van der Waals surface area contributed by atoms with Crippen LogP contribution in [0.5, 0.6) is 0 Å². The topological polar surface area (TPSA) is 77.1 Å². The second-order valence-corrected chi connectivity index (χ2v) is 5.55. The number of rotatable bonds is 4. The van der Waals surface area contributed by atoms with Crippen molar-refractivity contribution < 1.29 is 5.11 Å². The maximum absolute atomic E-state index is 12.4. The number of hydrogen-bond acceptors (Lipinski definition) is 5. The smallest absolute Gasteiger partial charge is 0.332 e. The first-order valence-electron chi connectivity index (χ1n) is 6.34. The maximum atomic E-state index is 12.4. The van der Waals surface area contributed by atoms with Gasteiger partial charge in [-0.15, -0.1) is 11.8 Å². The molecule has 0 saturated heterocycles. The van der Waals surface area contributed by atoms with E-state index in [2.05, 4.69) is 4.98 Å². The molecular weight excluding hydrogens is 278 g/mol. The van der Waals surface area contributed by atoms with E-state index in [1.54, 1.807) is 13.2 Å². The fourth-order valence-corrected chi connectivity index (χ4v) is 3.11. The zero-order valence-corrected chi connectivity index (χ0v) is 12.5. The van der Waals surface area contributed by atoms with Crippen LogP contribution in [0.4, 0.5) is 0 Å². The number of pyridine rings is 1. The van der Waals surface area contributed by atoms with Gasteiger partial charge in [-0.25, -0.2) is 9.78 Å². The summed E-state index contributed by atoms with van der Waals surface area (Å²) in [5.74, 6) is 0.498. The molecule has 0 aliphatic rings. The Kier molecular flexibility index (Phi) is 4.29. The molecular formula is C13H17N3O3S. The SMILES string of the molecule is CCc1cnc2c(c1SCCO)c(=O)n(C)c(=O)n2C. The zero-order chi connectivity index (χ0) is 14.9. The minimum Gasteiger partial charge on any atom is -0.396 e. The number of nitrogens with zero attached hydrogens (tertiary/aromatic N) is 3. The van der Waals surface area contributed by atoms with Gasteiger partial charge < -0.3 is 5.11 Å². The Morgan fingerprint density at radius 3 is 2.60 bits per heavy atom. The number of aromatic nitrogens is 3. The van der Waals surface area contributed by atoms with Gasteiger partial charge >= 0.3 is 5.69 Å². The van der Waals surface area contributed by atoms with Crippen molar-refractivity contribution in [3.8, 4) is 0 Å². The third-order valence-corrected chi connectivity index (χ3v) is 4.36. The molecule has 2 aromatic rings. The van der Waals surface area contributed by atoms with Crippen molar-refractivity contribution >= 4 is 22.8 Å². The highest BCUT2D eigenvalue weighted by Gasteiger charge is 2.16. The van der Waals surface area contributed by atoms with Crippen molar-refractivity contribution in [1.29, 1.82) is 0 Å². The summed E-state index contributed by atoms with van der Waals surface area (Å²) in [7, 11) is 3.06. The quantitative estimate of drug-likeness (QED) is 0.820. The Hall–Kier alpha value is -1.60. The number of thioether (sulfide) groups is 1. The van der Waals surface area contributed by atoms with Crippen LogP contribution in [0.15, 0.2) is 20.7 Å². The normalized spacial score (nSPS) is 11.2. The van der Waals surface area contributed by atoms with Crippen molar-refractivity contribution in [1.82, 2.24) is 14.1 Å². The molecule has 2 heterocycles. The lowest BCUT2D eigenvalue weighted by molar-refractivity contribution is 0.322. The number of aliphatic hydroxyl groups excluding tert-OH is 1. The predicted octanol–water partition coefficient (Wildman–Crippen LogP) is 0.279. The van der Waals surface area contributed by atoms with Crippen molar-refractivity contribution in [3.05, 3.63) is 32.6 Å². The molecule has 0 unspecified atom stereocenters. The summed E-state index contributed by atoms with van der Waals surface area (Å²) in [4.78, 5) is 29.4. The summed E-state index contributed by atoms with van der Waals surface area (Å²) in [6, 6.07) is 0. The van der Waals surface area contributed by atoms with Gasteiger partial charge in [-0.1, -0.05) is 6.92 Å². The van der Waals surface area contributed by atoms with Gasteiger partial charge in [0.1, 0.15) is 5.65 Å². The molecule has 0 saturated carbocycles. The molecule has 20 heavy (non-hydrogen) atoms. The van der Waals surface area contributed by atoms with E-state index in [0.29, 0.717) is 16.8 Å². The highest BCUT2D eigenvalue weighted by atomic mass is 32.2. The van der Waals surface area contributed by atoms with E-state index >= 15 is 0 Å². The van der Waals surface area contributed by atoms with Gasteiger partial charge in [0.05, 0.1) is 12.0 Å². The van der Waals surface area contributed by atoms with E-state index < -0.39 is 5.69 Å². The summed E-state index contributed by atoms with van der Waals surface area (Å²) < 4.78 is 2.46. The Morgan fingerprint density at radius 2 is 2.00 bits per heavy atom. The summed E-state index contributed by atoms with van der Waals surface area (Å²) in [6.07, 6.45) is 2.43. The van der Waals surface area contributed by atoms with E-state index in [1.807, 2.05) is 6.92 Å². The fourth-order valence-electron chi connectivity index (χ4n) is 2.11. The van der Waals surface area contributed by atoms with Gasteiger partial charge in [-0.3, -0.25) is 13.9 Å². The van der Waals surface area contributed by atoms with Crippen LogP contribution in [-0.4, -0.2) is 31.6 Å². The van der Waals surface area contributed by atoms with Gasteiger partial charge in [0.25, 0.3) is 5.56 Å². The van der Waals surface area contributed by atoms with Crippen molar-refractivity contribution in [2.45, 2.75) is 18.2 Å². The van der Waals surface area contributed by atoms with Crippen LogP contribution in [0, 0.1) is 0 Å². The second kappa shape index (κ2) is 5.80. The molecule has 0 bridgehead atoms. The van der Waals surface area contributed by atoms with E-state index in [4.69, 9.17) is 5.11 Å². The average molecular weight is 295 g/mol. The molecule has 0 aliphatic carbocycles. The Balaban J connectivity index is 2.92. The number of aliphatic hydroxyl groups is 1. The Labute approximate surface area is 120 Å². The first kappa shape index (κ1) is 14.8.